The average Bonchev–Trinajstić information content (AvgIpc) is 2.74. The molecule has 7 heteroatoms. The SMILES string of the molecule is NNC(=O)C1CC(=O)N(c2cccc(Cl)c2Cl)C1. The minimum absolute atomic E-state index is 0.117. The first-order chi connectivity index (χ1) is 8.54. The molecule has 1 saturated heterocycles. The van der Waals surface area contributed by atoms with Crippen LogP contribution in [0.4, 0.5) is 5.69 Å². The van der Waals surface area contributed by atoms with E-state index in [1.54, 1.807) is 18.2 Å². The van der Waals surface area contributed by atoms with Gasteiger partial charge in [0.25, 0.3) is 0 Å². The minimum atomic E-state index is -0.461. The van der Waals surface area contributed by atoms with Crippen LogP contribution in [0, 0.1) is 5.92 Å². The molecule has 1 aliphatic heterocycles. The van der Waals surface area contributed by atoms with E-state index in [2.05, 4.69) is 0 Å². The normalized spacial score (nSPS) is 19.2. The summed E-state index contributed by atoms with van der Waals surface area (Å²) in [6, 6.07) is 5.03. The molecule has 5 nitrogen and oxygen atoms in total. The molecule has 1 aromatic carbocycles. The first-order valence-corrected chi connectivity index (χ1v) is 6.05. The van der Waals surface area contributed by atoms with Gasteiger partial charge in [0.05, 0.1) is 21.7 Å². The third-order valence-electron chi connectivity index (χ3n) is 2.86. The van der Waals surface area contributed by atoms with Crippen molar-refractivity contribution in [2.75, 3.05) is 11.4 Å². The maximum atomic E-state index is 11.9. The number of amides is 2. The summed E-state index contributed by atoms with van der Waals surface area (Å²) in [6.07, 6.45) is 0.117. The number of rotatable bonds is 2. The number of nitrogens with two attached hydrogens (primary N) is 1. The van der Waals surface area contributed by atoms with Crippen LogP contribution in [0.25, 0.3) is 0 Å². The predicted octanol–water partition coefficient (Wildman–Crippen LogP) is 1.34. The number of anilines is 1. The van der Waals surface area contributed by atoms with Crippen LogP contribution in [0.2, 0.25) is 10.0 Å². The molecule has 1 aromatic rings. The van der Waals surface area contributed by atoms with Crippen molar-refractivity contribution in [3.8, 4) is 0 Å². The molecule has 1 heterocycles. The van der Waals surface area contributed by atoms with Crippen molar-refractivity contribution in [3.05, 3.63) is 28.2 Å². The number of nitrogens with one attached hydrogen (secondary N) is 1. The van der Waals surface area contributed by atoms with Gasteiger partial charge in [-0.1, -0.05) is 29.3 Å². The molecule has 0 aliphatic carbocycles. The zero-order valence-electron chi connectivity index (χ0n) is 9.32. The van der Waals surface area contributed by atoms with Gasteiger partial charge in [0.1, 0.15) is 0 Å². The Morgan fingerprint density at radius 2 is 2.17 bits per heavy atom. The second-order valence-corrected chi connectivity index (χ2v) is 4.77. The van der Waals surface area contributed by atoms with Gasteiger partial charge in [0.2, 0.25) is 11.8 Å². The number of hydrazine groups is 1. The number of hydrogen-bond donors (Lipinski definition) is 2. The summed E-state index contributed by atoms with van der Waals surface area (Å²) in [5.74, 6) is 4.07. The molecule has 2 rings (SSSR count). The lowest BCUT2D eigenvalue weighted by atomic mass is 10.1. The number of carbonyl (C=O) groups excluding carboxylic acids is 2. The fraction of sp³-hybridized carbons (Fsp3) is 0.273. The molecule has 3 N–H and O–H groups in total. The van der Waals surface area contributed by atoms with E-state index in [1.165, 1.54) is 4.90 Å². The van der Waals surface area contributed by atoms with E-state index in [9.17, 15) is 9.59 Å². The molecule has 1 unspecified atom stereocenters. The third-order valence-corrected chi connectivity index (χ3v) is 3.67. The first kappa shape index (κ1) is 13.1. The zero-order chi connectivity index (χ0) is 13.3. The van der Waals surface area contributed by atoms with Crippen molar-refractivity contribution in [2.45, 2.75) is 6.42 Å². The van der Waals surface area contributed by atoms with E-state index in [4.69, 9.17) is 29.0 Å². The summed E-state index contributed by atoms with van der Waals surface area (Å²) in [6.45, 7) is 0.252. The van der Waals surface area contributed by atoms with Crippen molar-refractivity contribution in [3.63, 3.8) is 0 Å². The third kappa shape index (κ3) is 2.29. The number of hydrogen-bond acceptors (Lipinski definition) is 3. The summed E-state index contributed by atoms with van der Waals surface area (Å²) >= 11 is 11.9. The van der Waals surface area contributed by atoms with Crippen LogP contribution in [-0.4, -0.2) is 18.4 Å². The highest BCUT2D eigenvalue weighted by Crippen LogP contribution is 2.35. The summed E-state index contributed by atoms with van der Waals surface area (Å²) in [5, 5.41) is 0.676. The Hall–Kier alpha value is -1.30. The van der Waals surface area contributed by atoms with Crippen molar-refractivity contribution in [1.29, 1.82) is 0 Å². The van der Waals surface area contributed by atoms with Gasteiger partial charge in [-0.25, -0.2) is 5.84 Å². The standard InChI is InChI=1S/C11H11Cl2N3O2/c12-7-2-1-3-8(10(7)13)16-5-6(4-9(16)17)11(18)15-14/h1-3,6H,4-5,14H2,(H,15,18). The van der Waals surface area contributed by atoms with Crippen molar-refractivity contribution >= 4 is 40.7 Å². The number of carbonyl (C=O) groups is 2. The van der Waals surface area contributed by atoms with Gasteiger partial charge >= 0.3 is 0 Å². The van der Waals surface area contributed by atoms with E-state index in [1.807, 2.05) is 5.43 Å². The van der Waals surface area contributed by atoms with Crippen LogP contribution in [0.5, 0.6) is 0 Å². The van der Waals surface area contributed by atoms with Gasteiger partial charge in [-0.05, 0) is 12.1 Å². The molecule has 18 heavy (non-hydrogen) atoms. The van der Waals surface area contributed by atoms with Crippen LogP contribution < -0.4 is 16.2 Å². The highest BCUT2D eigenvalue weighted by atomic mass is 35.5. The summed E-state index contributed by atoms with van der Waals surface area (Å²) in [5.41, 5.74) is 2.56. The second kappa shape index (κ2) is 5.14. The lowest BCUT2D eigenvalue weighted by Crippen LogP contribution is -2.37. The molecule has 0 bridgehead atoms. The van der Waals surface area contributed by atoms with E-state index in [0.717, 1.165) is 0 Å². The van der Waals surface area contributed by atoms with Gasteiger partial charge in [-0.15, -0.1) is 0 Å². The zero-order valence-corrected chi connectivity index (χ0v) is 10.8. The number of nitrogens with zero attached hydrogens (tertiary/aromatic N) is 1. The van der Waals surface area contributed by atoms with Gasteiger partial charge in [0.15, 0.2) is 0 Å². The molecule has 1 atom stereocenters. The topological polar surface area (TPSA) is 75.4 Å². The summed E-state index contributed by atoms with van der Waals surface area (Å²) in [4.78, 5) is 24.7. The maximum Gasteiger partial charge on any atom is 0.239 e. The Bertz CT molecular complexity index is 507. The van der Waals surface area contributed by atoms with Gasteiger partial charge in [-0.3, -0.25) is 15.0 Å². The predicted molar refractivity (Wildman–Crippen MR) is 69.3 cm³/mol. The lowest BCUT2D eigenvalue weighted by Gasteiger charge is -2.18. The molecular weight excluding hydrogens is 277 g/mol. The van der Waals surface area contributed by atoms with Crippen molar-refractivity contribution in [1.82, 2.24) is 5.43 Å². The Morgan fingerprint density at radius 3 is 2.83 bits per heavy atom. The van der Waals surface area contributed by atoms with E-state index >= 15 is 0 Å². The van der Waals surface area contributed by atoms with Crippen LogP contribution in [0.3, 0.4) is 0 Å². The molecule has 2 amide bonds. The van der Waals surface area contributed by atoms with Crippen molar-refractivity contribution in [2.24, 2.45) is 11.8 Å². The summed E-state index contributed by atoms with van der Waals surface area (Å²) in [7, 11) is 0. The van der Waals surface area contributed by atoms with Gasteiger partial charge < -0.3 is 4.90 Å². The van der Waals surface area contributed by atoms with Gasteiger partial charge in [-0.2, -0.15) is 0 Å². The van der Waals surface area contributed by atoms with Crippen LogP contribution in [0.1, 0.15) is 6.42 Å². The number of halogens is 2. The fourth-order valence-electron chi connectivity index (χ4n) is 1.93. The quantitative estimate of drug-likeness (QED) is 0.490. The highest BCUT2D eigenvalue weighted by Gasteiger charge is 2.35. The van der Waals surface area contributed by atoms with E-state index in [-0.39, 0.29) is 24.8 Å². The minimum Gasteiger partial charge on any atom is -0.310 e. The van der Waals surface area contributed by atoms with E-state index in [0.29, 0.717) is 15.7 Å². The molecule has 1 aliphatic rings. The molecule has 96 valence electrons. The highest BCUT2D eigenvalue weighted by molar-refractivity contribution is 6.44. The molecule has 1 fully saturated rings. The Labute approximate surface area is 114 Å². The van der Waals surface area contributed by atoms with Gasteiger partial charge in [0, 0.05) is 13.0 Å². The Kier molecular flexibility index (Phi) is 3.75. The average molecular weight is 288 g/mol. The molecule has 0 saturated carbocycles. The molecule has 0 aromatic heterocycles. The molecular formula is C11H11Cl2N3O2. The maximum absolute atomic E-state index is 11.9. The molecule has 0 radical (unpaired) electrons. The smallest absolute Gasteiger partial charge is 0.239 e. The lowest BCUT2D eigenvalue weighted by molar-refractivity contribution is -0.126. The van der Waals surface area contributed by atoms with Crippen LogP contribution >= 0.6 is 23.2 Å². The monoisotopic (exact) mass is 287 g/mol. The summed E-state index contributed by atoms with van der Waals surface area (Å²) < 4.78 is 0. The molecule has 0 spiro atoms. The van der Waals surface area contributed by atoms with Crippen LogP contribution in [0.15, 0.2) is 18.2 Å². The largest absolute Gasteiger partial charge is 0.310 e. The van der Waals surface area contributed by atoms with E-state index < -0.39 is 5.92 Å². The number of benzene rings is 1. The Balaban J connectivity index is 2.27. The first-order valence-electron chi connectivity index (χ1n) is 5.29. The van der Waals surface area contributed by atoms with Crippen LogP contribution in [-0.2, 0) is 9.59 Å². The fourth-order valence-corrected chi connectivity index (χ4v) is 2.33. The Morgan fingerprint density at radius 1 is 1.44 bits per heavy atom. The second-order valence-electron chi connectivity index (χ2n) is 3.99. The van der Waals surface area contributed by atoms with Crippen molar-refractivity contribution < 1.29 is 9.59 Å².